The summed E-state index contributed by atoms with van der Waals surface area (Å²) in [6.45, 7) is 10.9. The third-order valence-electron chi connectivity index (χ3n) is 15.9. The topological polar surface area (TPSA) is 472 Å². The fourth-order valence-electron chi connectivity index (χ4n) is 11.0. The number of ether oxygens (including phenoxy) is 2. The van der Waals surface area contributed by atoms with E-state index in [-0.39, 0.29) is 55.5 Å². The number of hydrogen-bond acceptors (Lipinski definition) is 20. The molecule has 0 saturated heterocycles. The zero-order valence-corrected chi connectivity index (χ0v) is 60.0. The SMILES string of the molecule is CCCC(NC(=O)C(CS(C)(=O)=O)NC(=O)C(NC(=O)OCC(C)C)C1CCCCC1)C(=O)C(=O)NCC(=O)NC(C(C)=O)c1ccccc1.CCCC(NC(=O)C(CS(C)(=O)=O)NC(=O)C(NC(=O)OCC(C)C)C1CCCCC1)C(=O)C(=O)NCC(=O)NC(C(N)=O)c1ccccc1. The molecule has 8 atom stereocenters. The predicted octanol–water partition coefficient (Wildman–Crippen LogP) is 1.42. The highest BCUT2D eigenvalue weighted by Gasteiger charge is 2.39. The Morgan fingerprint density at radius 3 is 1.10 bits per heavy atom. The van der Waals surface area contributed by atoms with Crippen molar-refractivity contribution in [1.82, 2.24) is 53.2 Å². The van der Waals surface area contributed by atoms with Crippen LogP contribution in [-0.2, 0) is 86.7 Å². The van der Waals surface area contributed by atoms with Gasteiger partial charge < -0.3 is 68.4 Å². The van der Waals surface area contributed by atoms with Crippen LogP contribution in [0.4, 0.5) is 9.59 Å². The van der Waals surface area contributed by atoms with Crippen molar-refractivity contribution in [3.05, 3.63) is 71.8 Å². The number of nitrogens with two attached hydrogens (primary N) is 1. The number of alkyl carbamates (subject to hydrolysis) is 2. The van der Waals surface area contributed by atoms with Crippen LogP contribution in [-0.4, -0.2) is 186 Å². The number of hydrogen-bond donors (Lipinski definition) is 11. The molecule has 2 aromatic carbocycles. The zero-order valence-electron chi connectivity index (χ0n) is 58.4. The standard InChI is InChI=1S/C34H51N5O10S.C33H50N6O10S/c1-6-13-25(30(42)33(45)35-18-27(41)38-28(22(4)40)23-14-9-7-10-15-23)36-31(43)26(20-50(5,47)48)37-32(44)29(24-16-11-8-12-17-24)39-34(46)49-19-21(2)3;1-5-12-23(28(41)32(45)35-17-25(40)38-26(29(34)42)21-13-8-6-9-14-21)36-30(43)24(19-50(4,47)48)37-31(44)27(22-15-10-7-11-16-22)39-33(46)49-18-20(2)3/h7,9-10,14-15,21,24-26,28-29H,6,8,11-13,16-20H2,1-5H3,(H,35,45)(H,36,43)(H,37,44)(H,38,41)(H,39,46);6,8-9,13-14,20,22-24,26-27H,5,7,10-12,15-19H2,1-4H3,(H2,34,42)(H,35,45)(H,36,43)(H,37,44)(H,38,40)(H,39,46). The molecule has 11 amide bonds. The molecule has 12 N–H and O–H groups in total. The summed E-state index contributed by atoms with van der Waals surface area (Å²) < 4.78 is 59.7. The molecule has 0 bridgehead atoms. The van der Waals surface area contributed by atoms with Gasteiger partial charge in [-0.05, 0) is 80.2 Å². The number of primary amides is 1. The number of benzene rings is 2. The van der Waals surface area contributed by atoms with Gasteiger partial charge in [-0.15, -0.1) is 0 Å². The summed E-state index contributed by atoms with van der Waals surface area (Å²) in [5, 5.41) is 24.0. The molecule has 33 heteroatoms. The van der Waals surface area contributed by atoms with E-state index in [0.29, 0.717) is 49.7 Å². The molecule has 31 nitrogen and oxygen atoms in total. The van der Waals surface area contributed by atoms with Crippen LogP contribution in [0.2, 0.25) is 0 Å². The largest absolute Gasteiger partial charge is 0.449 e. The fraction of sp³-hybridized carbons (Fsp3) is 0.612. The highest BCUT2D eigenvalue weighted by Crippen LogP contribution is 2.28. The van der Waals surface area contributed by atoms with Crippen LogP contribution in [0.5, 0.6) is 0 Å². The lowest BCUT2D eigenvalue weighted by atomic mass is 9.83. The predicted molar refractivity (Wildman–Crippen MR) is 367 cm³/mol. The van der Waals surface area contributed by atoms with E-state index in [1.165, 1.54) is 6.92 Å². The van der Waals surface area contributed by atoms with Crippen molar-refractivity contribution in [3.8, 4) is 0 Å². The molecule has 2 fully saturated rings. The first kappa shape index (κ1) is 85.3. The molecule has 8 unspecified atom stereocenters. The first-order valence-electron chi connectivity index (χ1n) is 33.6. The number of carbonyl (C=O) groups excluding carboxylic acids is 14. The summed E-state index contributed by atoms with van der Waals surface area (Å²) >= 11 is 0. The van der Waals surface area contributed by atoms with Crippen LogP contribution in [0.3, 0.4) is 0 Å². The van der Waals surface area contributed by atoms with Crippen LogP contribution in [0.1, 0.15) is 162 Å². The average molecular weight is 1440 g/mol. The lowest BCUT2D eigenvalue weighted by Gasteiger charge is -2.31. The molecule has 0 aromatic heterocycles. The summed E-state index contributed by atoms with van der Waals surface area (Å²) in [6.07, 6.45) is 8.33. The van der Waals surface area contributed by atoms with Crippen molar-refractivity contribution in [2.75, 3.05) is 50.3 Å². The number of amides is 11. The Labute approximate surface area is 584 Å². The maximum Gasteiger partial charge on any atom is 0.407 e. The Balaban J connectivity index is 0.000000520. The Morgan fingerprint density at radius 2 is 0.790 bits per heavy atom. The normalized spacial score (nSPS) is 15.8. The molecule has 556 valence electrons. The second-order valence-electron chi connectivity index (χ2n) is 26.0. The van der Waals surface area contributed by atoms with E-state index in [2.05, 4.69) is 53.2 Å². The molecule has 2 aliphatic carbocycles. The monoisotopic (exact) mass is 1440 g/mol. The minimum atomic E-state index is -3.87. The molecule has 100 heavy (non-hydrogen) atoms. The number of nitrogens with one attached hydrogen (secondary N) is 10. The van der Waals surface area contributed by atoms with E-state index >= 15 is 0 Å². The van der Waals surface area contributed by atoms with E-state index < -0.39 is 170 Å². The van der Waals surface area contributed by atoms with Gasteiger partial charge in [-0.25, -0.2) is 26.4 Å². The summed E-state index contributed by atoms with van der Waals surface area (Å²) in [5.41, 5.74) is 6.35. The van der Waals surface area contributed by atoms with Gasteiger partial charge in [-0.1, -0.05) is 154 Å². The maximum absolute atomic E-state index is 13.6. The molecule has 2 aliphatic rings. The summed E-state index contributed by atoms with van der Waals surface area (Å²) in [6, 6.07) is 6.00. The first-order chi connectivity index (χ1) is 47.0. The quantitative estimate of drug-likeness (QED) is 0.0424. The van der Waals surface area contributed by atoms with Gasteiger partial charge in [0, 0.05) is 12.5 Å². The number of sulfone groups is 2. The van der Waals surface area contributed by atoms with Gasteiger partial charge in [0.2, 0.25) is 52.9 Å². The third kappa shape index (κ3) is 32.0. The van der Waals surface area contributed by atoms with Crippen molar-refractivity contribution in [2.45, 2.75) is 187 Å². The van der Waals surface area contributed by atoms with Crippen molar-refractivity contribution < 1.29 is 93.4 Å². The number of rotatable bonds is 38. The molecule has 0 heterocycles. The Morgan fingerprint density at radius 1 is 0.460 bits per heavy atom. The van der Waals surface area contributed by atoms with Gasteiger partial charge in [0.1, 0.15) is 55.9 Å². The van der Waals surface area contributed by atoms with Crippen molar-refractivity contribution >= 4 is 102 Å². The van der Waals surface area contributed by atoms with Crippen molar-refractivity contribution in [2.24, 2.45) is 29.4 Å². The van der Waals surface area contributed by atoms with Crippen LogP contribution >= 0.6 is 0 Å². The molecular weight excluding hydrogens is 1340 g/mol. The van der Waals surface area contributed by atoms with Gasteiger partial charge in [0.25, 0.3) is 11.8 Å². The van der Waals surface area contributed by atoms with Gasteiger partial charge in [-0.3, -0.25) is 57.5 Å². The van der Waals surface area contributed by atoms with E-state index in [9.17, 15) is 84.0 Å². The minimum absolute atomic E-state index is 0.0158. The van der Waals surface area contributed by atoms with E-state index in [0.717, 1.165) is 51.0 Å². The van der Waals surface area contributed by atoms with Crippen LogP contribution < -0.4 is 58.9 Å². The molecular formula is C67H101N11O20S2. The van der Waals surface area contributed by atoms with Gasteiger partial charge >= 0.3 is 12.2 Å². The second kappa shape index (κ2) is 42.9. The van der Waals surface area contributed by atoms with E-state index in [1.54, 1.807) is 74.5 Å². The Hall–Kier alpha value is -8.88. The molecule has 0 spiro atoms. The van der Waals surface area contributed by atoms with E-state index in [4.69, 9.17) is 15.2 Å². The van der Waals surface area contributed by atoms with Crippen LogP contribution in [0.25, 0.3) is 0 Å². The average Bonchev–Trinajstić information content (AvgIpc) is 0.854. The lowest BCUT2D eigenvalue weighted by molar-refractivity contribution is -0.141. The molecule has 4 rings (SSSR count). The summed E-state index contributed by atoms with van der Waals surface area (Å²) in [7, 11) is -7.74. The molecule has 2 saturated carbocycles. The van der Waals surface area contributed by atoms with Gasteiger partial charge in [0.15, 0.2) is 5.78 Å². The van der Waals surface area contributed by atoms with E-state index in [1.807, 2.05) is 27.7 Å². The van der Waals surface area contributed by atoms with Crippen LogP contribution in [0, 0.1) is 23.7 Å². The van der Waals surface area contributed by atoms with Crippen molar-refractivity contribution in [1.29, 1.82) is 0 Å². The smallest absolute Gasteiger partial charge is 0.407 e. The zero-order chi connectivity index (χ0) is 74.9. The first-order valence-corrected chi connectivity index (χ1v) is 37.7. The number of Topliss-reactive ketones (excluding diaryl/α,β-unsaturated/α-hetero) is 3. The van der Waals surface area contributed by atoms with Gasteiger partial charge in [-0.2, -0.15) is 0 Å². The Bertz CT molecular complexity index is 3150. The van der Waals surface area contributed by atoms with Crippen molar-refractivity contribution in [3.63, 3.8) is 0 Å². The third-order valence-corrected chi connectivity index (χ3v) is 17.8. The van der Waals surface area contributed by atoms with Gasteiger partial charge in [0.05, 0.1) is 49.9 Å². The highest BCUT2D eigenvalue weighted by atomic mass is 32.2. The Kier molecular flexibility index (Phi) is 36.6. The maximum atomic E-state index is 13.6. The number of carbonyl (C=O) groups is 14. The lowest BCUT2D eigenvalue weighted by Crippen LogP contribution is -2.60. The van der Waals surface area contributed by atoms with Crippen LogP contribution in [0.15, 0.2) is 60.7 Å². The number of ketones is 3. The molecule has 0 aliphatic heterocycles. The molecule has 2 aromatic rings. The minimum Gasteiger partial charge on any atom is -0.449 e. The summed E-state index contributed by atoms with van der Waals surface area (Å²) in [5.74, 6) is -13.2. The molecule has 0 radical (unpaired) electrons. The second-order valence-corrected chi connectivity index (χ2v) is 30.3. The fourth-order valence-corrected chi connectivity index (χ4v) is 12.7. The highest BCUT2D eigenvalue weighted by molar-refractivity contribution is 7.91. The summed E-state index contributed by atoms with van der Waals surface area (Å²) in [4.78, 5) is 180.